The molecule has 0 fully saturated rings. The first-order valence-electron chi connectivity index (χ1n) is 6.99. The SMILES string of the molecule is O=[SH](=O)Cc1ncc(N[C@@H]2CCCc3ccccc32)cn1. The van der Waals surface area contributed by atoms with Crippen LogP contribution in [-0.2, 0) is 22.9 Å². The first kappa shape index (κ1) is 14.0. The smallest absolute Gasteiger partial charge is 0.147 e. The number of benzene rings is 1. The average Bonchev–Trinajstić information content (AvgIpc) is 2.49. The monoisotopic (exact) mass is 303 g/mol. The Hall–Kier alpha value is -1.95. The summed E-state index contributed by atoms with van der Waals surface area (Å²) < 4.78 is 21.3. The number of rotatable bonds is 4. The van der Waals surface area contributed by atoms with E-state index in [1.165, 1.54) is 11.1 Å². The lowest BCUT2D eigenvalue weighted by molar-refractivity contribution is 0.599. The second-order valence-corrected chi connectivity index (χ2v) is 6.15. The van der Waals surface area contributed by atoms with Crippen molar-refractivity contribution in [3.8, 4) is 0 Å². The van der Waals surface area contributed by atoms with Crippen LogP contribution in [0.15, 0.2) is 36.7 Å². The van der Waals surface area contributed by atoms with Crippen molar-refractivity contribution in [1.29, 1.82) is 0 Å². The lowest BCUT2D eigenvalue weighted by Gasteiger charge is -2.27. The Bertz CT molecular complexity index is 690. The minimum Gasteiger partial charge on any atom is -0.376 e. The van der Waals surface area contributed by atoms with Crippen LogP contribution in [-0.4, -0.2) is 18.4 Å². The number of fused-ring (bicyclic) bond motifs is 1. The molecule has 21 heavy (non-hydrogen) atoms. The number of aromatic nitrogens is 2. The topological polar surface area (TPSA) is 72.0 Å². The van der Waals surface area contributed by atoms with Gasteiger partial charge in [0, 0.05) is 0 Å². The minimum absolute atomic E-state index is 0.109. The second-order valence-electron chi connectivity index (χ2n) is 5.17. The standard InChI is InChI=1S/C15H17N3O2S/c19-21(20)10-15-16-8-12(9-17-15)18-14-7-3-5-11-4-1-2-6-13(11)14/h1-2,4,6,8-9,14,18,21H,3,5,7,10H2/t14-/m1/s1. The van der Waals surface area contributed by atoms with Crippen molar-refractivity contribution >= 4 is 16.4 Å². The molecule has 0 spiro atoms. The van der Waals surface area contributed by atoms with E-state index in [0.29, 0.717) is 5.82 Å². The van der Waals surface area contributed by atoms with Crippen LogP contribution in [0.25, 0.3) is 0 Å². The summed E-state index contributed by atoms with van der Waals surface area (Å²) in [6, 6.07) is 8.73. The molecule has 1 aromatic heterocycles. The van der Waals surface area contributed by atoms with Crippen molar-refractivity contribution in [2.24, 2.45) is 0 Å². The van der Waals surface area contributed by atoms with Crippen LogP contribution < -0.4 is 5.32 Å². The van der Waals surface area contributed by atoms with E-state index in [-0.39, 0.29) is 11.8 Å². The molecule has 0 bridgehead atoms. The lowest BCUT2D eigenvalue weighted by Crippen LogP contribution is -2.17. The summed E-state index contributed by atoms with van der Waals surface area (Å²) in [5, 5.41) is 3.44. The van der Waals surface area contributed by atoms with Crippen molar-refractivity contribution in [2.75, 3.05) is 5.32 Å². The third-order valence-corrected chi connectivity index (χ3v) is 4.23. The van der Waals surface area contributed by atoms with Gasteiger partial charge in [0.15, 0.2) is 0 Å². The molecule has 0 saturated heterocycles. The fourth-order valence-corrected chi connectivity index (χ4v) is 3.13. The molecular formula is C15H17N3O2S. The molecule has 1 aliphatic carbocycles. The molecule has 1 N–H and O–H groups in total. The van der Waals surface area contributed by atoms with Crippen LogP contribution in [0.2, 0.25) is 0 Å². The van der Waals surface area contributed by atoms with Gasteiger partial charge in [0.2, 0.25) is 0 Å². The number of aryl methyl sites for hydroxylation is 1. The van der Waals surface area contributed by atoms with Gasteiger partial charge >= 0.3 is 0 Å². The highest BCUT2D eigenvalue weighted by Crippen LogP contribution is 2.31. The first-order chi connectivity index (χ1) is 10.2. The largest absolute Gasteiger partial charge is 0.376 e. The zero-order valence-corrected chi connectivity index (χ0v) is 12.4. The summed E-state index contributed by atoms with van der Waals surface area (Å²) in [4.78, 5) is 8.17. The van der Waals surface area contributed by atoms with Gasteiger partial charge < -0.3 is 5.32 Å². The van der Waals surface area contributed by atoms with Crippen LogP contribution in [0, 0.1) is 0 Å². The molecule has 1 aliphatic rings. The number of hydrogen-bond donors (Lipinski definition) is 2. The number of anilines is 1. The molecule has 6 heteroatoms. The third-order valence-electron chi connectivity index (χ3n) is 3.69. The molecule has 1 atom stereocenters. The van der Waals surface area contributed by atoms with Crippen molar-refractivity contribution < 1.29 is 8.42 Å². The predicted octanol–water partition coefficient (Wildman–Crippen LogP) is 2.08. The maximum absolute atomic E-state index is 10.6. The highest BCUT2D eigenvalue weighted by molar-refractivity contribution is 7.71. The van der Waals surface area contributed by atoms with Crippen molar-refractivity contribution in [2.45, 2.75) is 31.1 Å². The van der Waals surface area contributed by atoms with Gasteiger partial charge in [-0.1, -0.05) is 24.3 Å². The second kappa shape index (κ2) is 6.22. The fraction of sp³-hybridized carbons (Fsp3) is 0.333. The van der Waals surface area contributed by atoms with E-state index in [4.69, 9.17) is 0 Å². The van der Waals surface area contributed by atoms with Crippen molar-refractivity contribution in [1.82, 2.24) is 9.97 Å². The minimum atomic E-state index is -2.48. The molecule has 5 nitrogen and oxygen atoms in total. The van der Waals surface area contributed by atoms with Gasteiger partial charge in [-0.15, -0.1) is 0 Å². The number of nitrogens with zero attached hydrogens (tertiary/aromatic N) is 2. The maximum Gasteiger partial charge on any atom is 0.147 e. The molecule has 0 saturated carbocycles. The predicted molar refractivity (Wildman–Crippen MR) is 81.8 cm³/mol. The van der Waals surface area contributed by atoms with Crippen LogP contribution in [0.1, 0.15) is 35.8 Å². The van der Waals surface area contributed by atoms with E-state index >= 15 is 0 Å². The summed E-state index contributed by atoms with van der Waals surface area (Å²) in [6.45, 7) is 0. The van der Waals surface area contributed by atoms with Gasteiger partial charge in [-0.2, -0.15) is 0 Å². The summed E-state index contributed by atoms with van der Waals surface area (Å²) in [5.41, 5.74) is 3.54. The molecule has 110 valence electrons. The average molecular weight is 303 g/mol. The van der Waals surface area contributed by atoms with E-state index in [1.807, 2.05) is 0 Å². The molecule has 1 heterocycles. The van der Waals surface area contributed by atoms with Crippen molar-refractivity contribution in [3.63, 3.8) is 0 Å². The van der Waals surface area contributed by atoms with Gasteiger partial charge in [0.25, 0.3) is 0 Å². The van der Waals surface area contributed by atoms with E-state index in [2.05, 4.69) is 39.6 Å². The van der Waals surface area contributed by atoms with Crippen LogP contribution in [0.4, 0.5) is 5.69 Å². The summed E-state index contributed by atoms with van der Waals surface area (Å²) in [7, 11) is -2.48. The molecular weight excluding hydrogens is 286 g/mol. The Morgan fingerprint density at radius 3 is 2.71 bits per heavy atom. The zero-order valence-electron chi connectivity index (χ0n) is 11.5. The van der Waals surface area contributed by atoms with Crippen molar-refractivity contribution in [3.05, 3.63) is 53.6 Å². The van der Waals surface area contributed by atoms with Crippen LogP contribution in [0.5, 0.6) is 0 Å². The Labute approximate surface area is 125 Å². The molecule has 0 unspecified atom stereocenters. The first-order valence-corrected chi connectivity index (χ1v) is 8.36. The quantitative estimate of drug-likeness (QED) is 0.846. The maximum atomic E-state index is 10.6. The summed E-state index contributed by atoms with van der Waals surface area (Å²) in [6.07, 6.45) is 6.66. The van der Waals surface area contributed by atoms with E-state index in [0.717, 1.165) is 24.9 Å². The Morgan fingerprint density at radius 1 is 1.19 bits per heavy atom. The Kier molecular flexibility index (Phi) is 4.15. The normalized spacial score (nSPS) is 17.5. The molecule has 3 rings (SSSR count). The lowest BCUT2D eigenvalue weighted by atomic mass is 9.88. The van der Waals surface area contributed by atoms with Crippen LogP contribution in [0.3, 0.4) is 0 Å². The van der Waals surface area contributed by atoms with Gasteiger partial charge in [0.1, 0.15) is 22.3 Å². The summed E-state index contributed by atoms with van der Waals surface area (Å²) >= 11 is 0. The third kappa shape index (κ3) is 3.39. The van der Waals surface area contributed by atoms with Gasteiger partial charge in [-0.25, -0.2) is 18.4 Å². The van der Waals surface area contributed by atoms with Crippen LogP contribution >= 0.6 is 0 Å². The van der Waals surface area contributed by atoms with E-state index < -0.39 is 10.7 Å². The van der Waals surface area contributed by atoms with Gasteiger partial charge in [-0.3, -0.25) is 0 Å². The highest BCUT2D eigenvalue weighted by atomic mass is 32.2. The van der Waals surface area contributed by atoms with Gasteiger partial charge in [0.05, 0.1) is 24.1 Å². The number of nitrogens with one attached hydrogen (secondary N) is 1. The molecule has 0 aliphatic heterocycles. The number of thiol groups is 1. The Morgan fingerprint density at radius 2 is 1.95 bits per heavy atom. The molecule has 2 aromatic rings. The highest BCUT2D eigenvalue weighted by Gasteiger charge is 2.19. The fourth-order valence-electron chi connectivity index (χ4n) is 2.73. The molecule has 0 amide bonds. The van der Waals surface area contributed by atoms with E-state index in [1.54, 1.807) is 12.4 Å². The van der Waals surface area contributed by atoms with Gasteiger partial charge in [-0.05, 0) is 30.4 Å². The zero-order chi connectivity index (χ0) is 14.7. The number of hydrogen-bond acceptors (Lipinski definition) is 5. The van der Waals surface area contributed by atoms with E-state index in [9.17, 15) is 8.42 Å². The Balaban J connectivity index is 1.75. The molecule has 0 radical (unpaired) electrons. The molecule has 1 aromatic carbocycles. The summed E-state index contributed by atoms with van der Waals surface area (Å²) in [5.74, 6) is 0.225.